The monoisotopic (exact) mass is 208 g/mol. The molecule has 1 aliphatic heterocycles. The van der Waals surface area contributed by atoms with Crippen LogP contribution in [0, 0.1) is 11.8 Å². The molecule has 0 saturated carbocycles. The first kappa shape index (κ1) is 10.0. The Balaban J connectivity index is 2.13. The highest BCUT2D eigenvalue weighted by atomic mass is 16.2. The van der Waals surface area contributed by atoms with E-state index in [1.807, 2.05) is 4.90 Å². The topological polar surface area (TPSA) is 75.0 Å². The van der Waals surface area contributed by atoms with Crippen LogP contribution in [0.3, 0.4) is 0 Å². The Labute approximate surface area is 88.6 Å². The van der Waals surface area contributed by atoms with E-state index in [0.717, 1.165) is 13.1 Å². The number of carbonyl (C=O) groups is 1. The number of nitrogens with zero attached hydrogens (tertiary/aromatic N) is 2. The normalized spacial score (nSPS) is 25.9. The van der Waals surface area contributed by atoms with E-state index in [2.05, 4.69) is 24.0 Å². The van der Waals surface area contributed by atoms with Crippen molar-refractivity contribution >= 4 is 11.6 Å². The zero-order valence-corrected chi connectivity index (χ0v) is 9.03. The summed E-state index contributed by atoms with van der Waals surface area (Å²) < 4.78 is 0. The summed E-state index contributed by atoms with van der Waals surface area (Å²) in [6.07, 6.45) is 1.47. The molecule has 0 aromatic carbocycles. The van der Waals surface area contributed by atoms with E-state index in [-0.39, 0.29) is 5.91 Å². The molecule has 2 atom stereocenters. The second-order valence-electron chi connectivity index (χ2n) is 4.37. The number of H-pyrrole nitrogens is 1. The third kappa shape index (κ3) is 1.69. The van der Waals surface area contributed by atoms with Crippen molar-refractivity contribution < 1.29 is 4.79 Å². The molecule has 0 bridgehead atoms. The van der Waals surface area contributed by atoms with Gasteiger partial charge < -0.3 is 10.6 Å². The van der Waals surface area contributed by atoms with Gasteiger partial charge in [0.2, 0.25) is 0 Å². The second kappa shape index (κ2) is 3.56. The maximum absolute atomic E-state index is 12.0. The minimum Gasteiger partial charge on any atom is -0.396 e. The molecule has 2 rings (SSSR count). The molecule has 5 heteroatoms. The molecule has 1 fully saturated rings. The van der Waals surface area contributed by atoms with Gasteiger partial charge in [-0.05, 0) is 11.8 Å². The van der Waals surface area contributed by atoms with Crippen LogP contribution in [0.15, 0.2) is 6.20 Å². The van der Waals surface area contributed by atoms with Crippen LogP contribution in [0.2, 0.25) is 0 Å². The van der Waals surface area contributed by atoms with E-state index in [0.29, 0.717) is 23.2 Å². The molecule has 0 spiro atoms. The zero-order valence-electron chi connectivity index (χ0n) is 9.03. The van der Waals surface area contributed by atoms with Crippen molar-refractivity contribution in [3.05, 3.63) is 11.9 Å². The number of aromatic nitrogens is 2. The van der Waals surface area contributed by atoms with Crippen LogP contribution in [-0.2, 0) is 0 Å². The molecule has 3 N–H and O–H groups in total. The summed E-state index contributed by atoms with van der Waals surface area (Å²) in [7, 11) is 0. The quantitative estimate of drug-likeness (QED) is 0.714. The Hall–Kier alpha value is -1.52. The van der Waals surface area contributed by atoms with Gasteiger partial charge in [0.05, 0.1) is 11.9 Å². The molecular formula is C10H16N4O. The van der Waals surface area contributed by atoms with Gasteiger partial charge in [-0.1, -0.05) is 13.8 Å². The molecule has 2 heterocycles. The number of nitrogens with one attached hydrogen (secondary N) is 1. The van der Waals surface area contributed by atoms with Crippen molar-refractivity contribution in [1.82, 2.24) is 15.1 Å². The number of nitrogen functional groups attached to an aromatic ring is 1. The maximum atomic E-state index is 12.0. The molecule has 1 amide bonds. The van der Waals surface area contributed by atoms with Gasteiger partial charge in [-0.25, -0.2) is 0 Å². The number of anilines is 1. The summed E-state index contributed by atoms with van der Waals surface area (Å²) >= 11 is 0. The minimum atomic E-state index is -0.0406. The highest BCUT2D eigenvalue weighted by Gasteiger charge is 2.31. The highest BCUT2D eigenvalue weighted by Crippen LogP contribution is 2.24. The number of rotatable bonds is 1. The fourth-order valence-electron chi connectivity index (χ4n) is 1.92. The molecule has 1 aliphatic rings. The van der Waals surface area contributed by atoms with E-state index in [4.69, 9.17) is 5.73 Å². The number of aromatic amines is 1. The van der Waals surface area contributed by atoms with Gasteiger partial charge in [-0.3, -0.25) is 9.89 Å². The summed E-state index contributed by atoms with van der Waals surface area (Å²) in [5.74, 6) is 1.07. The van der Waals surface area contributed by atoms with Crippen molar-refractivity contribution in [3.8, 4) is 0 Å². The molecule has 5 nitrogen and oxygen atoms in total. The van der Waals surface area contributed by atoms with E-state index in [1.54, 1.807) is 0 Å². The summed E-state index contributed by atoms with van der Waals surface area (Å²) in [5, 5.41) is 6.40. The third-order valence-corrected chi connectivity index (χ3v) is 3.16. The second-order valence-corrected chi connectivity index (χ2v) is 4.37. The van der Waals surface area contributed by atoms with Crippen molar-refractivity contribution in [2.45, 2.75) is 13.8 Å². The summed E-state index contributed by atoms with van der Waals surface area (Å²) in [6, 6.07) is 0. The predicted octanol–water partition coefficient (Wildman–Crippen LogP) is 0.720. The number of hydrogen-bond donors (Lipinski definition) is 2. The van der Waals surface area contributed by atoms with Gasteiger partial charge in [0.15, 0.2) is 0 Å². The van der Waals surface area contributed by atoms with E-state index < -0.39 is 0 Å². The standard InChI is InChI=1S/C10H16N4O/c1-6-4-14(5-7(6)2)10(15)9-8(11)3-12-13-9/h3,6-7H,4-5,11H2,1-2H3,(H,12,13). The lowest BCUT2D eigenvalue weighted by Crippen LogP contribution is -2.29. The molecule has 15 heavy (non-hydrogen) atoms. The largest absolute Gasteiger partial charge is 0.396 e. The van der Waals surface area contributed by atoms with Crippen LogP contribution in [-0.4, -0.2) is 34.1 Å². The number of hydrogen-bond acceptors (Lipinski definition) is 3. The maximum Gasteiger partial charge on any atom is 0.274 e. The molecular weight excluding hydrogens is 192 g/mol. The molecule has 1 aromatic heterocycles. The molecule has 0 aliphatic carbocycles. The van der Waals surface area contributed by atoms with Crippen molar-refractivity contribution in [2.75, 3.05) is 18.8 Å². The Morgan fingerprint density at radius 1 is 1.53 bits per heavy atom. The van der Waals surface area contributed by atoms with E-state index in [1.165, 1.54) is 6.20 Å². The molecule has 1 saturated heterocycles. The Morgan fingerprint density at radius 2 is 2.13 bits per heavy atom. The Bertz CT molecular complexity index is 363. The van der Waals surface area contributed by atoms with Gasteiger partial charge in [-0.2, -0.15) is 5.10 Å². The molecule has 1 aromatic rings. The zero-order chi connectivity index (χ0) is 11.0. The van der Waals surface area contributed by atoms with E-state index in [9.17, 15) is 4.79 Å². The van der Waals surface area contributed by atoms with Crippen molar-refractivity contribution in [1.29, 1.82) is 0 Å². The minimum absolute atomic E-state index is 0.0406. The van der Waals surface area contributed by atoms with Gasteiger partial charge >= 0.3 is 0 Å². The van der Waals surface area contributed by atoms with Gasteiger partial charge in [0.1, 0.15) is 5.69 Å². The van der Waals surface area contributed by atoms with Crippen LogP contribution >= 0.6 is 0 Å². The lowest BCUT2D eigenvalue weighted by Gasteiger charge is -2.14. The Morgan fingerprint density at radius 3 is 2.60 bits per heavy atom. The number of carbonyl (C=O) groups excluding carboxylic acids is 1. The van der Waals surface area contributed by atoms with Gasteiger partial charge in [-0.15, -0.1) is 0 Å². The lowest BCUT2D eigenvalue weighted by atomic mass is 10.0. The van der Waals surface area contributed by atoms with Gasteiger partial charge in [0.25, 0.3) is 5.91 Å². The number of likely N-dealkylation sites (tertiary alicyclic amines) is 1. The van der Waals surface area contributed by atoms with E-state index >= 15 is 0 Å². The predicted molar refractivity (Wildman–Crippen MR) is 57.2 cm³/mol. The van der Waals surface area contributed by atoms with Crippen molar-refractivity contribution in [2.24, 2.45) is 11.8 Å². The number of nitrogens with two attached hydrogens (primary N) is 1. The van der Waals surface area contributed by atoms with Crippen molar-refractivity contribution in [3.63, 3.8) is 0 Å². The van der Waals surface area contributed by atoms with Crippen LogP contribution in [0.5, 0.6) is 0 Å². The fourth-order valence-corrected chi connectivity index (χ4v) is 1.92. The number of amides is 1. The first-order valence-electron chi connectivity index (χ1n) is 5.17. The summed E-state index contributed by atoms with van der Waals surface area (Å²) in [6.45, 7) is 5.93. The highest BCUT2D eigenvalue weighted by molar-refractivity contribution is 5.97. The first-order chi connectivity index (χ1) is 7.09. The third-order valence-electron chi connectivity index (χ3n) is 3.16. The average molecular weight is 208 g/mol. The molecule has 2 unspecified atom stereocenters. The lowest BCUT2D eigenvalue weighted by molar-refractivity contribution is 0.0780. The van der Waals surface area contributed by atoms with Crippen LogP contribution in [0.4, 0.5) is 5.69 Å². The molecule has 0 radical (unpaired) electrons. The summed E-state index contributed by atoms with van der Waals surface area (Å²) in [4.78, 5) is 13.8. The van der Waals surface area contributed by atoms with Gasteiger partial charge in [0, 0.05) is 13.1 Å². The first-order valence-corrected chi connectivity index (χ1v) is 5.17. The SMILES string of the molecule is CC1CN(C(=O)c2[nH]ncc2N)CC1C. The average Bonchev–Trinajstić information content (AvgIpc) is 2.74. The smallest absolute Gasteiger partial charge is 0.274 e. The van der Waals surface area contributed by atoms with Crippen LogP contribution < -0.4 is 5.73 Å². The fraction of sp³-hybridized carbons (Fsp3) is 0.600. The van der Waals surface area contributed by atoms with Crippen LogP contribution in [0.1, 0.15) is 24.3 Å². The Kier molecular flexibility index (Phi) is 2.38. The molecule has 82 valence electrons. The summed E-state index contributed by atoms with van der Waals surface area (Å²) in [5.41, 5.74) is 6.47. The van der Waals surface area contributed by atoms with Crippen LogP contribution in [0.25, 0.3) is 0 Å².